The van der Waals surface area contributed by atoms with E-state index >= 15 is 0 Å². The van der Waals surface area contributed by atoms with Gasteiger partial charge < -0.3 is 15.0 Å². The zero-order chi connectivity index (χ0) is 16.9. The molecule has 0 bridgehead atoms. The van der Waals surface area contributed by atoms with Crippen LogP contribution < -0.4 is 15.0 Å². The second-order valence-corrected chi connectivity index (χ2v) is 6.09. The zero-order valence-corrected chi connectivity index (χ0v) is 14.0. The maximum atomic E-state index is 12.4. The van der Waals surface area contributed by atoms with Gasteiger partial charge in [-0.25, -0.2) is 0 Å². The van der Waals surface area contributed by atoms with Crippen LogP contribution >= 0.6 is 0 Å². The lowest BCUT2D eigenvalue weighted by Gasteiger charge is -2.16. The molecule has 1 aromatic carbocycles. The number of ether oxygens (including phenoxy) is 1. The van der Waals surface area contributed by atoms with E-state index in [0.29, 0.717) is 11.4 Å². The SMILES string of the molecule is CC(C)Oc1ccccc1NC(=O)c1ccc(N2CCCC2)nn1. The molecule has 2 heterocycles. The van der Waals surface area contributed by atoms with Crippen molar-refractivity contribution in [3.05, 3.63) is 42.1 Å². The smallest absolute Gasteiger partial charge is 0.276 e. The first kappa shape index (κ1) is 16.2. The van der Waals surface area contributed by atoms with Crippen molar-refractivity contribution in [2.45, 2.75) is 32.8 Å². The van der Waals surface area contributed by atoms with Crippen LogP contribution in [-0.2, 0) is 0 Å². The predicted octanol–water partition coefficient (Wildman–Crippen LogP) is 3.12. The van der Waals surface area contributed by atoms with E-state index in [2.05, 4.69) is 20.4 Å². The van der Waals surface area contributed by atoms with E-state index in [9.17, 15) is 4.79 Å². The molecule has 2 aromatic rings. The summed E-state index contributed by atoms with van der Waals surface area (Å²) in [7, 11) is 0. The summed E-state index contributed by atoms with van der Waals surface area (Å²) < 4.78 is 5.71. The summed E-state index contributed by atoms with van der Waals surface area (Å²) in [5.41, 5.74) is 0.916. The van der Waals surface area contributed by atoms with Gasteiger partial charge in [-0.05, 0) is 51.0 Å². The quantitative estimate of drug-likeness (QED) is 0.914. The molecular weight excluding hydrogens is 304 g/mol. The molecule has 1 amide bonds. The van der Waals surface area contributed by atoms with Gasteiger partial charge in [0.05, 0.1) is 11.8 Å². The number of nitrogens with zero attached hydrogens (tertiary/aromatic N) is 3. The molecule has 0 radical (unpaired) electrons. The van der Waals surface area contributed by atoms with Crippen LogP contribution in [0.5, 0.6) is 5.75 Å². The standard InChI is InChI=1S/C18H22N4O2/c1-13(2)24-16-8-4-3-7-14(16)19-18(23)15-9-10-17(21-20-15)22-11-5-6-12-22/h3-4,7-10,13H,5-6,11-12H2,1-2H3,(H,19,23). The van der Waals surface area contributed by atoms with Crippen molar-refractivity contribution in [3.63, 3.8) is 0 Å². The summed E-state index contributed by atoms with van der Waals surface area (Å²) in [6.07, 6.45) is 2.38. The number of hydrogen-bond donors (Lipinski definition) is 1. The Hall–Kier alpha value is -2.63. The van der Waals surface area contributed by atoms with Crippen LogP contribution in [0.2, 0.25) is 0 Å². The van der Waals surface area contributed by atoms with Gasteiger partial charge in [0.25, 0.3) is 5.91 Å². The number of benzene rings is 1. The lowest BCUT2D eigenvalue weighted by atomic mass is 10.2. The summed E-state index contributed by atoms with van der Waals surface area (Å²) in [6.45, 7) is 5.89. The summed E-state index contributed by atoms with van der Waals surface area (Å²) in [5, 5.41) is 11.1. The van der Waals surface area contributed by atoms with Crippen molar-refractivity contribution in [1.29, 1.82) is 0 Å². The fraction of sp³-hybridized carbons (Fsp3) is 0.389. The third-order valence-electron chi connectivity index (χ3n) is 3.81. The summed E-state index contributed by atoms with van der Waals surface area (Å²) in [4.78, 5) is 14.6. The highest BCUT2D eigenvalue weighted by Crippen LogP contribution is 2.25. The normalized spacial score (nSPS) is 14.0. The van der Waals surface area contributed by atoms with Crippen molar-refractivity contribution in [3.8, 4) is 5.75 Å². The maximum absolute atomic E-state index is 12.4. The highest BCUT2D eigenvalue weighted by Gasteiger charge is 2.16. The first-order valence-electron chi connectivity index (χ1n) is 8.29. The topological polar surface area (TPSA) is 67.3 Å². The van der Waals surface area contributed by atoms with Crippen molar-refractivity contribution < 1.29 is 9.53 Å². The van der Waals surface area contributed by atoms with Gasteiger partial charge in [-0.1, -0.05) is 12.1 Å². The molecule has 0 atom stereocenters. The van der Waals surface area contributed by atoms with Crippen molar-refractivity contribution in [2.75, 3.05) is 23.3 Å². The van der Waals surface area contributed by atoms with Gasteiger partial charge in [-0.15, -0.1) is 10.2 Å². The van der Waals surface area contributed by atoms with Crippen LogP contribution in [0.25, 0.3) is 0 Å². The lowest BCUT2D eigenvalue weighted by Crippen LogP contribution is -2.21. The Kier molecular flexibility index (Phi) is 4.93. The maximum Gasteiger partial charge on any atom is 0.276 e. The average molecular weight is 326 g/mol. The van der Waals surface area contributed by atoms with Crippen LogP contribution in [0.1, 0.15) is 37.2 Å². The van der Waals surface area contributed by atoms with Crippen molar-refractivity contribution >= 4 is 17.4 Å². The Morgan fingerprint density at radius 1 is 1.12 bits per heavy atom. The predicted molar refractivity (Wildman–Crippen MR) is 93.6 cm³/mol. The van der Waals surface area contributed by atoms with Crippen LogP contribution in [0.3, 0.4) is 0 Å². The largest absolute Gasteiger partial charge is 0.489 e. The number of anilines is 2. The van der Waals surface area contributed by atoms with E-state index in [0.717, 1.165) is 18.9 Å². The minimum atomic E-state index is -0.296. The van der Waals surface area contributed by atoms with Gasteiger partial charge >= 0.3 is 0 Å². The van der Waals surface area contributed by atoms with E-state index in [1.54, 1.807) is 6.07 Å². The van der Waals surface area contributed by atoms with Crippen LogP contribution in [0.15, 0.2) is 36.4 Å². The molecule has 1 N–H and O–H groups in total. The molecule has 1 saturated heterocycles. The van der Waals surface area contributed by atoms with Gasteiger partial charge in [-0.2, -0.15) is 0 Å². The third-order valence-corrected chi connectivity index (χ3v) is 3.81. The second kappa shape index (κ2) is 7.29. The highest BCUT2D eigenvalue weighted by atomic mass is 16.5. The van der Waals surface area contributed by atoms with Gasteiger partial charge in [-0.3, -0.25) is 4.79 Å². The molecule has 1 aliphatic rings. The lowest BCUT2D eigenvalue weighted by molar-refractivity contribution is 0.102. The molecule has 1 aliphatic heterocycles. The number of carbonyl (C=O) groups is 1. The average Bonchev–Trinajstić information content (AvgIpc) is 3.11. The van der Waals surface area contributed by atoms with E-state index in [4.69, 9.17) is 4.74 Å². The van der Waals surface area contributed by atoms with E-state index in [-0.39, 0.29) is 17.7 Å². The summed E-state index contributed by atoms with van der Waals surface area (Å²) in [6, 6.07) is 10.9. The van der Waals surface area contributed by atoms with Crippen LogP contribution in [0, 0.1) is 0 Å². The molecule has 0 saturated carbocycles. The fourth-order valence-electron chi connectivity index (χ4n) is 2.67. The Morgan fingerprint density at radius 3 is 2.54 bits per heavy atom. The fourth-order valence-corrected chi connectivity index (χ4v) is 2.67. The minimum absolute atomic E-state index is 0.0302. The number of hydrogen-bond acceptors (Lipinski definition) is 5. The summed E-state index contributed by atoms with van der Waals surface area (Å²) in [5.74, 6) is 1.17. The molecule has 1 aromatic heterocycles. The number of rotatable bonds is 5. The first-order chi connectivity index (χ1) is 11.6. The second-order valence-electron chi connectivity index (χ2n) is 6.09. The highest BCUT2D eigenvalue weighted by molar-refractivity contribution is 6.03. The molecule has 0 aliphatic carbocycles. The Bertz CT molecular complexity index is 694. The first-order valence-corrected chi connectivity index (χ1v) is 8.29. The van der Waals surface area contributed by atoms with Gasteiger partial charge in [0.1, 0.15) is 5.75 Å². The Labute approximate surface area is 141 Å². The van der Waals surface area contributed by atoms with Crippen molar-refractivity contribution in [1.82, 2.24) is 10.2 Å². The van der Waals surface area contributed by atoms with E-state index in [1.807, 2.05) is 44.2 Å². The van der Waals surface area contributed by atoms with Gasteiger partial charge in [0, 0.05) is 13.1 Å². The number of nitrogens with one attached hydrogen (secondary N) is 1. The number of amides is 1. The van der Waals surface area contributed by atoms with E-state index in [1.165, 1.54) is 12.8 Å². The minimum Gasteiger partial charge on any atom is -0.489 e. The molecule has 6 heteroatoms. The molecule has 1 fully saturated rings. The monoisotopic (exact) mass is 326 g/mol. The van der Waals surface area contributed by atoms with E-state index < -0.39 is 0 Å². The zero-order valence-electron chi connectivity index (χ0n) is 14.0. The van der Waals surface area contributed by atoms with Gasteiger partial charge in [0.2, 0.25) is 0 Å². The van der Waals surface area contributed by atoms with Crippen LogP contribution in [-0.4, -0.2) is 35.3 Å². The molecule has 6 nitrogen and oxygen atoms in total. The number of aromatic nitrogens is 2. The summed E-state index contributed by atoms with van der Waals surface area (Å²) >= 11 is 0. The molecule has 126 valence electrons. The molecular formula is C18H22N4O2. The third kappa shape index (κ3) is 3.82. The van der Waals surface area contributed by atoms with Crippen LogP contribution in [0.4, 0.5) is 11.5 Å². The number of carbonyl (C=O) groups excluding carboxylic acids is 1. The number of para-hydroxylation sites is 2. The molecule has 24 heavy (non-hydrogen) atoms. The van der Waals surface area contributed by atoms with Gasteiger partial charge in [0.15, 0.2) is 11.5 Å². The Balaban J connectivity index is 1.71. The molecule has 3 rings (SSSR count). The molecule has 0 unspecified atom stereocenters. The molecule has 0 spiro atoms. The van der Waals surface area contributed by atoms with Crippen molar-refractivity contribution in [2.24, 2.45) is 0 Å². The Morgan fingerprint density at radius 2 is 1.88 bits per heavy atom.